The van der Waals surface area contributed by atoms with Gasteiger partial charge in [-0.1, -0.05) is 0 Å². The van der Waals surface area contributed by atoms with Gasteiger partial charge in [-0.05, 0) is 32.2 Å². The lowest BCUT2D eigenvalue weighted by atomic mass is 9.97. The van der Waals surface area contributed by atoms with Crippen LogP contribution in [0.15, 0.2) is 24.0 Å². The van der Waals surface area contributed by atoms with Crippen molar-refractivity contribution in [3.63, 3.8) is 0 Å². The van der Waals surface area contributed by atoms with Crippen LogP contribution in [-0.4, -0.2) is 58.5 Å². The predicted molar refractivity (Wildman–Crippen MR) is 83.4 cm³/mol. The summed E-state index contributed by atoms with van der Waals surface area (Å²) in [5, 5.41) is 4.19. The number of esters is 1. The molecule has 3 rings (SSSR count). The van der Waals surface area contributed by atoms with Crippen molar-refractivity contribution in [3.05, 3.63) is 24.0 Å². The maximum atomic E-state index is 11.7. The van der Waals surface area contributed by atoms with Crippen LogP contribution < -0.4 is 0 Å². The van der Waals surface area contributed by atoms with E-state index < -0.39 is 0 Å². The fourth-order valence-corrected chi connectivity index (χ4v) is 3.53. The van der Waals surface area contributed by atoms with E-state index in [0.717, 1.165) is 26.2 Å². The van der Waals surface area contributed by atoms with E-state index in [9.17, 15) is 4.79 Å². The van der Waals surface area contributed by atoms with Gasteiger partial charge in [0.1, 0.15) is 24.5 Å². The molecule has 0 radical (unpaired) electrons. The Morgan fingerprint density at radius 1 is 1.48 bits per heavy atom. The summed E-state index contributed by atoms with van der Waals surface area (Å²) in [7, 11) is 1.41. The van der Waals surface area contributed by atoms with E-state index in [2.05, 4.69) is 15.0 Å². The van der Waals surface area contributed by atoms with Crippen LogP contribution in [-0.2, 0) is 20.8 Å². The molecule has 0 amide bonds. The summed E-state index contributed by atoms with van der Waals surface area (Å²) < 4.78 is 12.6. The van der Waals surface area contributed by atoms with Gasteiger partial charge in [0, 0.05) is 26.1 Å². The van der Waals surface area contributed by atoms with Gasteiger partial charge in [0.2, 0.25) is 0 Å². The number of ether oxygens (including phenoxy) is 2. The van der Waals surface area contributed by atoms with E-state index in [-0.39, 0.29) is 12.1 Å². The molecule has 1 saturated heterocycles. The average Bonchev–Trinajstić information content (AvgIpc) is 3.17. The van der Waals surface area contributed by atoms with Gasteiger partial charge in [-0.15, -0.1) is 0 Å². The highest BCUT2D eigenvalue weighted by Crippen LogP contribution is 2.27. The highest BCUT2D eigenvalue weighted by atomic mass is 16.5. The van der Waals surface area contributed by atoms with Crippen LogP contribution >= 0.6 is 0 Å². The van der Waals surface area contributed by atoms with Gasteiger partial charge in [-0.25, -0.2) is 9.78 Å². The Kier molecular flexibility index (Phi) is 4.95. The Morgan fingerprint density at radius 2 is 2.35 bits per heavy atom. The lowest BCUT2D eigenvalue weighted by Gasteiger charge is -2.34. The fourth-order valence-electron chi connectivity index (χ4n) is 3.53. The molecule has 23 heavy (non-hydrogen) atoms. The van der Waals surface area contributed by atoms with E-state index in [1.54, 1.807) is 12.7 Å². The van der Waals surface area contributed by atoms with Gasteiger partial charge in [0.05, 0.1) is 12.7 Å². The van der Waals surface area contributed by atoms with Crippen LogP contribution in [0.3, 0.4) is 0 Å². The van der Waals surface area contributed by atoms with E-state index in [1.807, 2.05) is 11.6 Å². The number of methoxy groups -OCH3 is 1. The van der Waals surface area contributed by atoms with E-state index >= 15 is 0 Å². The van der Waals surface area contributed by atoms with Crippen molar-refractivity contribution in [2.75, 3.05) is 26.7 Å². The van der Waals surface area contributed by atoms with Crippen molar-refractivity contribution < 1.29 is 14.3 Å². The lowest BCUT2D eigenvalue weighted by Crippen LogP contribution is -2.41. The largest absolute Gasteiger partial charge is 0.493 e. The van der Waals surface area contributed by atoms with Gasteiger partial charge in [0.25, 0.3) is 0 Å². The first-order valence-electron chi connectivity index (χ1n) is 8.15. The van der Waals surface area contributed by atoms with Crippen LogP contribution in [0.5, 0.6) is 0 Å². The standard InChI is InChI=1S/C16H24N4O3/c1-12-15(16(21)22-2)6-14(23-12)9-19-5-3-4-13(7-19)8-20-11-17-10-18-20/h10-11,13-14H,3-9H2,1-2H3/t13-,14+/m0/s1. The number of rotatable bonds is 5. The zero-order valence-electron chi connectivity index (χ0n) is 13.8. The van der Waals surface area contributed by atoms with E-state index in [0.29, 0.717) is 23.7 Å². The molecule has 1 aromatic heterocycles. The second-order valence-corrected chi connectivity index (χ2v) is 6.36. The Labute approximate surface area is 136 Å². The third kappa shape index (κ3) is 3.90. The zero-order chi connectivity index (χ0) is 16.2. The topological polar surface area (TPSA) is 69.5 Å². The Bertz CT molecular complexity index is 570. The van der Waals surface area contributed by atoms with Crippen LogP contribution in [0.25, 0.3) is 0 Å². The van der Waals surface area contributed by atoms with Gasteiger partial charge in [-0.3, -0.25) is 9.58 Å². The van der Waals surface area contributed by atoms with Crippen LogP contribution in [0.1, 0.15) is 26.2 Å². The molecule has 0 saturated carbocycles. The number of allylic oxidation sites excluding steroid dienone is 1. The number of carbonyl (C=O) groups is 1. The average molecular weight is 320 g/mol. The van der Waals surface area contributed by atoms with Crippen molar-refractivity contribution in [3.8, 4) is 0 Å². The Hall–Kier alpha value is -1.89. The van der Waals surface area contributed by atoms with Gasteiger partial charge in [-0.2, -0.15) is 5.10 Å². The first-order valence-corrected chi connectivity index (χ1v) is 8.15. The predicted octanol–water partition coefficient (Wildman–Crippen LogP) is 1.23. The summed E-state index contributed by atoms with van der Waals surface area (Å²) in [6.07, 6.45) is 6.44. The monoisotopic (exact) mass is 320 g/mol. The highest BCUT2D eigenvalue weighted by molar-refractivity contribution is 5.89. The molecule has 3 heterocycles. The van der Waals surface area contributed by atoms with Crippen LogP contribution in [0.2, 0.25) is 0 Å². The molecule has 7 nitrogen and oxygen atoms in total. The molecule has 0 bridgehead atoms. The zero-order valence-corrected chi connectivity index (χ0v) is 13.8. The SMILES string of the molecule is COC(=O)C1=C(C)O[C@@H](CN2CCC[C@H](Cn3cncn3)C2)C1. The number of aromatic nitrogens is 3. The van der Waals surface area contributed by atoms with Crippen molar-refractivity contribution in [2.45, 2.75) is 38.8 Å². The lowest BCUT2D eigenvalue weighted by molar-refractivity contribution is -0.136. The molecule has 7 heteroatoms. The first-order chi connectivity index (χ1) is 11.2. The van der Waals surface area contributed by atoms with E-state index in [4.69, 9.17) is 9.47 Å². The molecule has 0 N–H and O–H groups in total. The summed E-state index contributed by atoms with van der Waals surface area (Å²) in [5.41, 5.74) is 0.675. The molecule has 2 aliphatic heterocycles. The van der Waals surface area contributed by atoms with Gasteiger partial charge >= 0.3 is 5.97 Å². The summed E-state index contributed by atoms with van der Waals surface area (Å²) in [4.78, 5) is 18.1. The van der Waals surface area contributed by atoms with Crippen LogP contribution in [0, 0.1) is 5.92 Å². The van der Waals surface area contributed by atoms with Crippen molar-refractivity contribution in [1.29, 1.82) is 0 Å². The number of hydrogen-bond donors (Lipinski definition) is 0. The Balaban J connectivity index is 1.50. The molecular weight excluding hydrogens is 296 g/mol. The maximum Gasteiger partial charge on any atom is 0.337 e. The molecule has 0 aromatic carbocycles. The minimum atomic E-state index is -0.271. The smallest absolute Gasteiger partial charge is 0.337 e. The molecule has 126 valence electrons. The molecule has 1 fully saturated rings. The number of likely N-dealkylation sites (tertiary alicyclic amines) is 1. The summed E-state index contributed by atoms with van der Waals surface area (Å²) in [6, 6.07) is 0. The van der Waals surface area contributed by atoms with Crippen LogP contribution in [0.4, 0.5) is 0 Å². The quantitative estimate of drug-likeness (QED) is 0.760. The second kappa shape index (κ2) is 7.12. The minimum absolute atomic E-state index is 0.0502. The third-order valence-corrected chi connectivity index (χ3v) is 4.61. The minimum Gasteiger partial charge on any atom is -0.493 e. The summed E-state index contributed by atoms with van der Waals surface area (Å²) >= 11 is 0. The summed E-state index contributed by atoms with van der Waals surface area (Å²) in [5.74, 6) is 1.02. The highest BCUT2D eigenvalue weighted by Gasteiger charge is 2.31. The van der Waals surface area contributed by atoms with Gasteiger partial charge < -0.3 is 9.47 Å². The number of piperidine rings is 1. The van der Waals surface area contributed by atoms with Crippen molar-refractivity contribution in [1.82, 2.24) is 19.7 Å². The molecule has 1 aromatic rings. The van der Waals surface area contributed by atoms with E-state index in [1.165, 1.54) is 20.0 Å². The number of hydrogen-bond acceptors (Lipinski definition) is 6. The summed E-state index contributed by atoms with van der Waals surface area (Å²) in [6.45, 7) is 5.72. The number of nitrogens with zero attached hydrogens (tertiary/aromatic N) is 4. The fraction of sp³-hybridized carbons (Fsp3) is 0.688. The van der Waals surface area contributed by atoms with Crippen molar-refractivity contribution >= 4 is 5.97 Å². The van der Waals surface area contributed by atoms with Crippen molar-refractivity contribution in [2.24, 2.45) is 5.92 Å². The molecule has 0 aliphatic carbocycles. The first kappa shape index (κ1) is 16.0. The molecule has 2 atom stereocenters. The molecule has 2 aliphatic rings. The third-order valence-electron chi connectivity index (χ3n) is 4.61. The maximum absolute atomic E-state index is 11.7. The normalized spacial score (nSPS) is 25.5. The molecular formula is C16H24N4O3. The second-order valence-electron chi connectivity index (χ2n) is 6.36. The Morgan fingerprint density at radius 3 is 3.09 bits per heavy atom. The van der Waals surface area contributed by atoms with Gasteiger partial charge in [0.15, 0.2) is 0 Å². The molecule has 0 unspecified atom stereocenters. The number of carbonyl (C=O) groups excluding carboxylic acids is 1. The molecule has 0 spiro atoms.